The van der Waals surface area contributed by atoms with Crippen LogP contribution < -0.4 is 10.6 Å². The highest BCUT2D eigenvalue weighted by molar-refractivity contribution is 14.0. The van der Waals surface area contributed by atoms with Gasteiger partial charge in [0.05, 0.1) is 6.54 Å². The van der Waals surface area contributed by atoms with E-state index < -0.39 is 11.6 Å². The third-order valence-corrected chi connectivity index (χ3v) is 4.03. The molecule has 0 fully saturated rings. The van der Waals surface area contributed by atoms with Gasteiger partial charge in [-0.3, -0.25) is 4.99 Å². The van der Waals surface area contributed by atoms with E-state index in [0.717, 1.165) is 49.6 Å². The first-order chi connectivity index (χ1) is 11.7. The van der Waals surface area contributed by atoms with Crippen LogP contribution in [-0.2, 0) is 26.1 Å². The highest BCUT2D eigenvalue weighted by Gasteiger charge is 2.15. The highest BCUT2D eigenvalue weighted by atomic mass is 127. The van der Waals surface area contributed by atoms with Gasteiger partial charge in [0.1, 0.15) is 17.5 Å². The molecule has 1 aliphatic rings. The van der Waals surface area contributed by atoms with Crippen molar-refractivity contribution in [3.63, 3.8) is 0 Å². The van der Waals surface area contributed by atoms with E-state index in [1.54, 1.807) is 7.05 Å². The van der Waals surface area contributed by atoms with Crippen LogP contribution in [0.3, 0.4) is 0 Å². The summed E-state index contributed by atoms with van der Waals surface area (Å²) >= 11 is 0. The number of aryl methyl sites for hydroxylation is 1. The normalized spacial score (nSPS) is 13.8. The van der Waals surface area contributed by atoms with Crippen LogP contribution in [0.2, 0.25) is 0 Å². The van der Waals surface area contributed by atoms with Gasteiger partial charge in [0.15, 0.2) is 11.8 Å². The number of hydrogen-bond acceptors (Lipinski definition) is 3. The Morgan fingerprint density at radius 2 is 2.00 bits per heavy atom. The van der Waals surface area contributed by atoms with E-state index >= 15 is 0 Å². The summed E-state index contributed by atoms with van der Waals surface area (Å²) in [6.45, 7) is 1.54. The van der Waals surface area contributed by atoms with Gasteiger partial charge < -0.3 is 15.2 Å². The summed E-state index contributed by atoms with van der Waals surface area (Å²) in [6, 6.07) is 3.38. The fourth-order valence-corrected chi connectivity index (χ4v) is 2.74. The zero-order chi connectivity index (χ0) is 16.9. The van der Waals surface area contributed by atoms with Crippen molar-refractivity contribution in [1.82, 2.24) is 25.4 Å². The van der Waals surface area contributed by atoms with Crippen molar-refractivity contribution in [2.75, 3.05) is 7.05 Å². The third-order valence-electron chi connectivity index (χ3n) is 4.03. The second-order valence-corrected chi connectivity index (χ2v) is 5.66. The van der Waals surface area contributed by atoms with Crippen molar-refractivity contribution in [3.05, 3.63) is 47.0 Å². The Kier molecular flexibility index (Phi) is 7.09. The first-order valence-corrected chi connectivity index (χ1v) is 7.97. The van der Waals surface area contributed by atoms with Gasteiger partial charge in [-0.1, -0.05) is 0 Å². The second kappa shape index (κ2) is 9.07. The molecule has 0 atom stereocenters. The summed E-state index contributed by atoms with van der Waals surface area (Å²) in [4.78, 5) is 4.09. The molecule has 0 saturated heterocycles. The molecular formula is C16H21F2IN6. The fourth-order valence-electron chi connectivity index (χ4n) is 2.74. The largest absolute Gasteiger partial charge is 0.352 e. The third kappa shape index (κ3) is 4.86. The Morgan fingerprint density at radius 3 is 2.80 bits per heavy atom. The quantitative estimate of drug-likeness (QED) is 0.416. The van der Waals surface area contributed by atoms with E-state index in [-0.39, 0.29) is 36.1 Å². The first kappa shape index (κ1) is 19.5. The molecule has 2 heterocycles. The number of fused-ring (bicyclic) bond motifs is 1. The molecule has 0 spiro atoms. The number of nitrogens with zero attached hydrogens (tertiary/aromatic N) is 4. The lowest BCUT2D eigenvalue weighted by Crippen LogP contribution is -2.37. The SMILES string of the molecule is CN=C(NCc1cc(F)ccc1F)NCc1nnc2n1CCCC2.I. The Morgan fingerprint density at radius 1 is 1.20 bits per heavy atom. The molecule has 0 unspecified atom stereocenters. The zero-order valence-electron chi connectivity index (χ0n) is 13.9. The van der Waals surface area contributed by atoms with Crippen LogP contribution in [-0.4, -0.2) is 27.8 Å². The van der Waals surface area contributed by atoms with Gasteiger partial charge in [-0.05, 0) is 31.0 Å². The van der Waals surface area contributed by atoms with Gasteiger partial charge in [-0.2, -0.15) is 0 Å². The van der Waals surface area contributed by atoms with E-state index in [0.29, 0.717) is 12.5 Å². The Labute approximate surface area is 162 Å². The molecule has 3 rings (SSSR count). The summed E-state index contributed by atoms with van der Waals surface area (Å²) in [5.74, 6) is 1.44. The molecular weight excluding hydrogens is 441 g/mol. The molecule has 0 aliphatic carbocycles. The Hall–Kier alpha value is -1.78. The van der Waals surface area contributed by atoms with Crippen molar-refractivity contribution in [2.24, 2.45) is 4.99 Å². The lowest BCUT2D eigenvalue weighted by Gasteiger charge is -2.16. The molecule has 9 heteroatoms. The van der Waals surface area contributed by atoms with Crippen molar-refractivity contribution in [2.45, 2.75) is 38.9 Å². The molecule has 6 nitrogen and oxygen atoms in total. The molecule has 1 aromatic heterocycles. The van der Waals surface area contributed by atoms with Gasteiger partial charge in [0.2, 0.25) is 0 Å². The maximum atomic E-state index is 13.6. The van der Waals surface area contributed by atoms with E-state index in [4.69, 9.17) is 0 Å². The minimum atomic E-state index is -0.466. The fraction of sp³-hybridized carbons (Fsp3) is 0.438. The average Bonchev–Trinajstić information content (AvgIpc) is 3.01. The van der Waals surface area contributed by atoms with Gasteiger partial charge in [-0.15, -0.1) is 34.2 Å². The summed E-state index contributed by atoms with van der Waals surface area (Å²) in [7, 11) is 1.62. The number of aromatic nitrogens is 3. The minimum absolute atomic E-state index is 0. The molecule has 0 saturated carbocycles. The van der Waals surface area contributed by atoms with Gasteiger partial charge in [0, 0.05) is 32.1 Å². The Balaban J connectivity index is 0.00000225. The van der Waals surface area contributed by atoms with Crippen LogP contribution in [0.15, 0.2) is 23.2 Å². The van der Waals surface area contributed by atoms with E-state index in [1.807, 2.05) is 0 Å². The first-order valence-electron chi connectivity index (χ1n) is 7.97. The number of aliphatic imine (C=N–C) groups is 1. The summed E-state index contributed by atoms with van der Waals surface area (Å²) < 4.78 is 28.9. The maximum Gasteiger partial charge on any atom is 0.191 e. The van der Waals surface area contributed by atoms with E-state index in [1.165, 1.54) is 6.07 Å². The minimum Gasteiger partial charge on any atom is -0.352 e. The van der Waals surface area contributed by atoms with E-state index in [9.17, 15) is 8.78 Å². The van der Waals surface area contributed by atoms with Gasteiger partial charge in [0.25, 0.3) is 0 Å². The number of nitrogens with one attached hydrogen (secondary N) is 2. The lowest BCUT2D eigenvalue weighted by atomic mass is 10.2. The molecule has 136 valence electrons. The topological polar surface area (TPSA) is 67.1 Å². The average molecular weight is 462 g/mol. The van der Waals surface area contributed by atoms with Crippen LogP contribution >= 0.6 is 24.0 Å². The number of halogens is 3. The van der Waals surface area contributed by atoms with Gasteiger partial charge >= 0.3 is 0 Å². The maximum absolute atomic E-state index is 13.6. The van der Waals surface area contributed by atoms with Crippen molar-refractivity contribution in [3.8, 4) is 0 Å². The van der Waals surface area contributed by atoms with Crippen molar-refractivity contribution < 1.29 is 8.78 Å². The molecule has 2 aromatic rings. The predicted molar refractivity (Wildman–Crippen MR) is 102 cm³/mol. The van der Waals surface area contributed by atoms with Crippen molar-refractivity contribution >= 4 is 29.9 Å². The van der Waals surface area contributed by atoms with E-state index in [2.05, 4.69) is 30.4 Å². The second-order valence-electron chi connectivity index (χ2n) is 5.66. The number of hydrogen-bond donors (Lipinski definition) is 2. The molecule has 0 bridgehead atoms. The molecule has 0 amide bonds. The number of rotatable bonds is 4. The van der Waals surface area contributed by atoms with Crippen LogP contribution in [0.25, 0.3) is 0 Å². The summed E-state index contributed by atoms with van der Waals surface area (Å²) in [5, 5.41) is 14.5. The van der Waals surface area contributed by atoms with Crippen LogP contribution in [0.1, 0.15) is 30.1 Å². The van der Waals surface area contributed by atoms with Crippen LogP contribution in [0.4, 0.5) is 8.78 Å². The summed E-state index contributed by atoms with van der Waals surface area (Å²) in [5.41, 5.74) is 0.248. The van der Waals surface area contributed by atoms with Crippen LogP contribution in [0, 0.1) is 11.6 Å². The number of benzene rings is 1. The highest BCUT2D eigenvalue weighted by Crippen LogP contribution is 2.14. The molecule has 2 N–H and O–H groups in total. The standard InChI is InChI=1S/C16H20F2N6.HI/c1-19-16(20-9-11-8-12(17)5-6-13(11)18)21-10-15-23-22-14-4-2-3-7-24(14)15;/h5-6,8H,2-4,7,9-10H2,1H3,(H2,19,20,21);1H. The molecule has 1 aliphatic heterocycles. The molecule has 25 heavy (non-hydrogen) atoms. The molecule has 0 radical (unpaired) electrons. The summed E-state index contributed by atoms with van der Waals surface area (Å²) in [6.07, 6.45) is 3.23. The number of guanidine groups is 1. The van der Waals surface area contributed by atoms with Crippen LogP contribution in [0.5, 0.6) is 0 Å². The van der Waals surface area contributed by atoms with Gasteiger partial charge in [-0.25, -0.2) is 8.78 Å². The Bertz CT molecular complexity index is 746. The van der Waals surface area contributed by atoms with Crippen molar-refractivity contribution in [1.29, 1.82) is 0 Å². The lowest BCUT2D eigenvalue weighted by molar-refractivity contribution is 0.504. The molecule has 1 aromatic carbocycles. The monoisotopic (exact) mass is 462 g/mol. The predicted octanol–water partition coefficient (Wildman–Crippen LogP) is 2.38. The zero-order valence-corrected chi connectivity index (χ0v) is 16.3. The smallest absolute Gasteiger partial charge is 0.191 e.